The summed E-state index contributed by atoms with van der Waals surface area (Å²) in [5.41, 5.74) is 7.50. The van der Waals surface area contributed by atoms with E-state index in [0.717, 1.165) is 11.3 Å². The van der Waals surface area contributed by atoms with Crippen LogP contribution in [-0.2, 0) is 0 Å². The Hall–Kier alpha value is -1.59. The van der Waals surface area contributed by atoms with Crippen molar-refractivity contribution in [2.24, 2.45) is 0 Å². The first kappa shape index (κ1) is 18.4. The Kier molecular flexibility index (Phi) is 5.54. The molecule has 146 valence electrons. The molecular formula is C26H32NP. The van der Waals surface area contributed by atoms with Gasteiger partial charge in [-0.05, 0) is 48.6 Å². The summed E-state index contributed by atoms with van der Waals surface area (Å²) in [4.78, 5) is 3.99. The number of hydrogen-bond donors (Lipinski definition) is 1. The Bertz CT molecular complexity index is 883. The van der Waals surface area contributed by atoms with Crippen molar-refractivity contribution in [1.82, 2.24) is 4.98 Å². The molecule has 2 heteroatoms. The van der Waals surface area contributed by atoms with Gasteiger partial charge in [-0.3, -0.25) is 0 Å². The van der Waals surface area contributed by atoms with Crippen molar-refractivity contribution in [3.8, 4) is 11.1 Å². The van der Waals surface area contributed by atoms with Crippen molar-refractivity contribution in [1.29, 1.82) is 0 Å². The van der Waals surface area contributed by atoms with Crippen molar-refractivity contribution < 1.29 is 0 Å². The van der Waals surface area contributed by atoms with E-state index in [1.165, 1.54) is 86.2 Å². The smallest absolute Gasteiger partial charge is 0.0538 e. The quantitative estimate of drug-likeness (QED) is 0.442. The van der Waals surface area contributed by atoms with Crippen molar-refractivity contribution >= 4 is 24.3 Å². The molecule has 0 spiro atoms. The second kappa shape index (κ2) is 8.42. The third kappa shape index (κ3) is 3.67. The molecule has 2 saturated carbocycles. The second-order valence-electron chi connectivity index (χ2n) is 8.78. The van der Waals surface area contributed by atoms with Crippen LogP contribution in [0.15, 0.2) is 54.6 Å². The minimum absolute atomic E-state index is 0.0758. The van der Waals surface area contributed by atoms with E-state index in [9.17, 15) is 0 Å². The predicted octanol–water partition coefficient (Wildman–Crippen LogP) is 7.61. The number of para-hydroxylation sites is 1. The van der Waals surface area contributed by atoms with Gasteiger partial charge in [0.05, 0.1) is 5.52 Å². The van der Waals surface area contributed by atoms with E-state index in [-0.39, 0.29) is 7.92 Å². The molecule has 0 amide bonds. The highest BCUT2D eigenvalue weighted by molar-refractivity contribution is 7.66. The van der Waals surface area contributed by atoms with Crippen LogP contribution in [0.4, 0.5) is 0 Å². The van der Waals surface area contributed by atoms with Gasteiger partial charge in [0, 0.05) is 16.4 Å². The second-order valence-corrected chi connectivity index (χ2v) is 11.5. The molecule has 0 aliphatic heterocycles. The lowest BCUT2D eigenvalue weighted by Gasteiger charge is -2.37. The molecule has 2 aliphatic carbocycles. The van der Waals surface area contributed by atoms with E-state index < -0.39 is 0 Å². The molecule has 2 aromatic carbocycles. The molecule has 1 N–H and O–H groups in total. The fourth-order valence-corrected chi connectivity index (χ4v) is 9.30. The molecule has 28 heavy (non-hydrogen) atoms. The maximum atomic E-state index is 3.99. The fraction of sp³-hybridized carbons (Fsp3) is 0.462. The van der Waals surface area contributed by atoms with Crippen LogP contribution in [-0.4, -0.2) is 16.3 Å². The van der Waals surface area contributed by atoms with Gasteiger partial charge in [-0.15, -0.1) is 0 Å². The molecule has 1 heterocycles. The molecule has 0 unspecified atom stereocenters. The molecule has 3 aromatic rings. The van der Waals surface area contributed by atoms with Crippen molar-refractivity contribution in [2.45, 2.75) is 75.5 Å². The molecule has 2 fully saturated rings. The van der Waals surface area contributed by atoms with Gasteiger partial charge >= 0.3 is 0 Å². The van der Waals surface area contributed by atoms with Crippen LogP contribution in [0.5, 0.6) is 0 Å². The molecule has 0 saturated heterocycles. The van der Waals surface area contributed by atoms with Crippen LogP contribution in [0.25, 0.3) is 22.0 Å². The van der Waals surface area contributed by atoms with Crippen LogP contribution in [0.2, 0.25) is 0 Å². The summed E-state index contributed by atoms with van der Waals surface area (Å²) in [6, 6.07) is 20.2. The number of hydrogen-bond acceptors (Lipinski definition) is 0. The Labute approximate surface area is 170 Å². The lowest BCUT2D eigenvalue weighted by atomic mass is 9.99. The number of H-pyrrole nitrogens is 1. The Balaban J connectivity index is 1.56. The summed E-state index contributed by atoms with van der Waals surface area (Å²) in [6.45, 7) is 0. The molecule has 0 radical (unpaired) electrons. The van der Waals surface area contributed by atoms with E-state index >= 15 is 0 Å². The van der Waals surface area contributed by atoms with Crippen LogP contribution < -0.4 is 5.44 Å². The predicted molar refractivity (Wildman–Crippen MR) is 124 cm³/mol. The molecule has 1 nitrogen and oxygen atoms in total. The summed E-state index contributed by atoms with van der Waals surface area (Å²) in [7, 11) is -0.0758. The zero-order valence-electron chi connectivity index (χ0n) is 16.9. The van der Waals surface area contributed by atoms with Gasteiger partial charge in [0.2, 0.25) is 0 Å². The topological polar surface area (TPSA) is 15.8 Å². The standard InChI is InChI=1S/C26H32NP/c1-4-11-20(12-5-1)24-18-10-13-21-19-25(27-26(21)24)28(22-14-6-2-7-15-22)23-16-8-3-9-17-23/h1,4-5,10-13,18-19,22-23,27H,2-3,6-9,14-17H2. The number of aromatic nitrogens is 1. The van der Waals surface area contributed by atoms with Gasteiger partial charge in [-0.1, -0.05) is 95.0 Å². The molecule has 0 bridgehead atoms. The van der Waals surface area contributed by atoms with E-state index in [1.807, 2.05) is 0 Å². The number of fused-ring (bicyclic) bond motifs is 1. The fourth-order valence-electron chi connectivity index (χ4n) is 5.55. The zero-order valence-corrected chi connectivity index (χ0v) is 17.8. The Morgan fingerprint density at radius 2 is 1.32 bits per heavy atom. The number of nitrogens with one attached hydrogen (secondary N) is 1. The monoisotopic (exact) mass is 389 g/mol. The first-order valence-corrected chi connectivity index (χ1v) is 12.8. The lowest BCUT2D eigenvalue weighted by molar-refractivity contribution is 0.487. The normalized spacial score (nSPS) is 19.5. The van der Waals surface area contributed by atoms with Gasteiger partial charge in [-0.25, -0.2) is 0 Å². The SMILES string of the molecule is c1ccc(-c2cccc3cc(P(C4CCCCC4)C4CCCCC4)[nH]c23)cc1. The van der Waals surface area contributed by atoms with Gasteiger partial charge in [0.15, 0.2) is 0 Å². The summed E-state index contributed by atoms with van der Waals surface area (Å²) in [5, 5.41) is 1.40. The van der Waals surface area contributed by atoms with Gasteiger partial charge in [0.25, 0.3) is 0 Å². The Morgan fingerprint density at radius 3 is 1.96 bits per heavy atom. The average molecular weight is 390 g/mol. The zero-order chi connectivity index (χ0) is 18.8. The van der Waals surface area contributed by atoms with Crippen LogP contribution >= 0.6 is 7.92 Å². The lowest BCUT2D eigenvalue weighted by Crippen LogP contribution is -2.26. The highest BCUT2D eigenvalue weighted by Gasteiger charge is 2.33. The summed E-state index contributed by atoms with van der Waals surface area (Å²) in [6.07, 6.45) is 14.6. The van der Waals surface area contributed by atoms with E-state index in [1.54, 1.807) is 5.44 Å². The average Bonchev–Trinajstić information content (AvgIpc) is 3.20. The highest BCUT2D eigenvalue weighted by atomic mass is 31.1. The van der Waals surface area contributed by atoms with Crippen molar-refractivity contribution in [2.75, 3.05) is 0 Å². The van der Waals surface area contributed by atoms with Crippen LogP contribution in [0.3, 0.4) is 0 Å². The third-order valence-electron chi connectivity index (χ3n) is 6.94. The first-order chi connectivity index (χ1) is 13.9. The third-order valence-corrected chi connectivity index (χ3v) is 10.3. The number of aromatic amines is 1. The number of rotatable bonds is 4. The number of benzene rings is 2. The van der Waals surface area contributed by atoms with Crippen LogP contribution in [0, 0.1) is 0 Å². The summed E-state index contributed by atoms with van der Waals surface area (Å²) < 4.78 is 0. The maximum absolute atomic E-state index is 3.99. The minimum Gasteiger partial charge on any atom is -0.354 e. The molecule has 1 aromatic heterocycles. The van der Waals surface area contributed by atoms with E-state index in [2.05, 4.69) is 59.6 Å². The largest absolute Gasteiger partial charge is 0.354 e. The Morgan fingerprint density at radius 1 is 0.679 bits per heavy atom. The van der Waals surface area contributed by atoms with Gasteiger partial charge < -0.3 is 4.98 Å². The van der Waals surface area contributed by atoms with Gasteiger partial charge in [0.1, 0.15) is 0 Å². The summed E-state index contributed by atoms with van der Waals surface area (Å²) in [5.74, 6) is 0. The van der Waals surface area contributed by atoms with E-state index in [0.29, 0.717) is 0 Å². The first-order valence-electron chi connectivity index (χ1n) is 11.4. The molecule has 2 aliphatic rings. The molecular weight excluding hydrogens is 357 g/mol. The van der Waals surface area contributed by atoms with Gasteiger partial charge in [-0.2, -0.15) is 0 Å². The van der Waals surface area contributed by atoms with Crippen molar-refractivity contribution in [3.05, 3.63) is 54.6 Å². The maximum Gasteiger partial charge on any atom is 0.0538 e. The molecule has 5 rings (SSSR count). The molecule has 0 atom stereocenters. The minimum atomic E-state index is -0.0758. The highest BCUT2D eigenvalue weighted by Crippen LogP contribution is 2.55. The summed E-state index contributed by atoms with van der Waals surface area (Å²) >= 11 is 0. The van der Waals surface area contributed by atoms with Crippen molar-refractivity contribution in [3.63, 3.8) is 0 Å². The van der Waals surface area contributed by atoms with Crippen LogP contribution in [0.1, 0.15) is 64.2 Å². The van der Waals surface area contributed by atoms with E-state index in [4.69, 9.17) is 0 Å².